The van der Waals surface area contributed by atoms with Crippen molar-refractivity contribution in [3.8, 4) is 11.5 Å². The van der Waals surface area contributed by atoms with Crippen molar-refractivity contribution in [1.29, 1.82) is 0 Å². The summed E-state index contributed by atoms with van der Waals surface area (Å²) in [4.78, 5) is 11.2. The van der Waals surface area contributed by atoms with Gasteiger partial charge >= 0.3 is 0 Å². The molecule has 0 aliphatic carbocycles. The molecule has 0 bridgehead atoms. The molecule has 6 heteroatoms. The Morgan fingerprint density at radius 1 is 1.47 bits per heavy atom. The Labute approximate surface area is 105 Å². The Morgan fingerprint density at radius 2 is 2.06 bits per heavy atom. The number of halogens is 3. The van der Waals surface area contributed by atoms with Gasteiger partial charge in [0.2, 0.25) is 5.82 Å². The molecule has 0 spiro atoms. The van der Waals surface area contributed by atoms with Crippen LogP contribution in [0.25, 0.3) is 0 Å². The Hall–Kier alpha value is -1.17. The molecule has 1 heterocycles. The molecule has 1 aromatic rings. The number of aromatic hydroxyl groups is 1. The van der Waals surface area contributed by atoms with Gasteiger partial charge in [0.1, 0.15) is 10.4 Å². The lowest BCUT2D eigenvalue weighted by Gasteiger charge is -2.35. The third kappa shape index (κ3) is 1.71. The largest absolute Gasteiger partial charge is 0.503 e. The fourth-order valence-corrected chi connectivity index (χ4v) is 1.98. The first kappa shape index (κ1) is 12.3. The molecule has 0 radical (unpaired) electrons. The number of ketones is 1. The quantitative estimate of drug-likeness (QED) is 0.750. The van der Waals surface area contributed by atoms with Crippen LogP contribution in [-0.4, -0.2) is 21.3 Å². The SMILES string of the molecule is CC1(C)Oc2c(cc(F)c(O)c2F)C(=O)C1Br. The summed E-state index contributed by atoms with van der Waals surface area (Å²) in [6, 6.07) is 0.777. The number of hydrogen-bond acceptors (Lipinski definition) is 3. The number of fused-ring (bicyclic) bond motifs is 1. The van der Waals surface area contributed by atoms with Gasteiger partial charge in [-0.25, -0.2) is 4.39 Å². The lowest BCUT2D eigenvalue weighted by atomic mass is 9.92. The Balaban J connectivity index is 2.70. The van der Waals surface area contributed by atoms with Crippen molar-refractivity contribution in [3.63, 3.8) is 0 Å². The normalized spacial score (nSPS) is 21.9. The summed E-state index contributed by atoms with van der Waals surface area (Å²) in [7, 11) is 0. The third-order valence-corrected chi connectivity index (χ3v) is 4.14. The summed E-state index contributed by atoms with van der Waals surface area (Å²) >= 11 is 3.13. The maximum atomic E-state index is 13.6. The zero-order valence-corrected chi connectivity index (χ0v) is 10.6. The predicted molar refractivity (Wildman–Crippen MR) is 59.8 cm³/mol. The summed E-state index contributed by atoms with van der Waals surface area (Å²) in [5.74, 6) is -4.46. The number of alkyl halides is 1. The van der Waals surface area contributed by atoms with E-state index in [1.807, 2.05) is 0 Å². The molecule has 0 saturated carbocycles. The van der Waals surface area contributed by atoms with E-state index < -0.39 is 39.3 Å². The molecule has 0 fully saturated rings. The zero-order valence-electron chi connectivity index (χ0n) is 9.05. The highest BCUT2D eigenvalue weighted by molar-refractivity contribution is 9.10. The van der Waals surface area contributed by atoms with Gasteiger partial charge in [-0.3, -0.25) is 4.79 Å². The molecule has 0 aromatic heterocycles. The van der Waals surface area contributed by atoms with Crippen LogP contribution >= 0.6 is 15.9 Å². The first-order valence-electron chi connectivity index (χ1n) is 4.84. The van der Waals surface area contributed by atoms with Gasteiger partial charge < -0.3 is 9.84 Å². The van der Waals surface area contributed by atoms with Crippen LogP contribution < -0.4 is 4.74 Å². The molecule has 3 nitrogen and oxygen atoms in total. The van der Waals surface area contributed by atoms with Gasteiger partial charge in [-0.05, 0) is 19.9 Å². The van der Waals surface area contributed by atoms with E-state index in [9.17, 15) is 13.6 Å². The molecule has 17 heavy (non-hydrogen) atoms. The van der Waals surface area contributed by atoms with Crippen LogP contribution in [0.3, 0.4) is 0 Å². The number of benzene rings is 1. The fourth-order valence-electron chi connectivity index (χ4n) is 1.64. The molecule has 92 valence electrons. The lowest BCUT2D eigenvalue weighted by Crippen LogP contribution is -2.47. The Morgan fingerprint density at radius 3 is 2.65 bits per heavy atom. The smallest absolute Gasteiger partial charge is 0.210 e. The van der Waals surface area contributed by atoms with Crippen molar-refractivity contribution in [3.05, 3.63) is 23.3 Å². The van der Waals surface area contributed by atoms with Crippen molar-refractivity contribution >= 4 is 21.7 Å². The predicted octanol–water partition coefficient (Wildman–Crippen LogP) is 2.79. The van der Waals surface area contributed by atoms with Crippen molar-refractivity contribution in [1.82, 2.24) is 0 Å². The van der Waals surface area contributed by atoms with Gasteiger partial charge in [-0.1, -0.05) is 15.9 Å². The van der Waals surface area contributed by atoms with Crippen molar-refractivity contribution in [2.45, 2.75) is 24.3 Å². The summed E-state index contributed by atoms with van der Waals surface area (Å²) in [5, 5.41) is 9.13. The van der Waals surface area contributed by atoms with Crippen LogP contribution in [0.4, 0.5) is 8.78 Å². The number of carbonyl (C=O) groups excluding carboxylic acids is 1. The van der Waals surface area contributed by atoms with Gasteiger partial charge in [-0.15, -0.1) is 0 Å². The van der Waals surface area contributed by atoms with Crippen LogP contribution in [0.15, 0.2) is 6.07 Å². The number of phenolic OH excluding ortho intramolecular Hbond substituents is 1. The minimum Gasteiger partial charge on any atom is -0.503 e. The van der Waals surface area contributed by atoms with Crippen LogP contribution in [0, 0.1) is 11.6 Å². The number of hydrogen-bond donors (Lipinski definition) is 1. The molecule has 1 unspecified atom stereocenters. The van der Waals surface area contributed by atoms with E-state index in [0.29, 0.717) is 0 Å². The standard InChI is InChI=1S/C11H9BrF2O3/c1-11(2)10(12)7(15)4-3-5(13)8(16)6(14)9(4)17-11/h3,10,16H,1-2H3. The van der Waals surface area contributed by atoms with Crippen LogP contribution in [0.5, 0.6) is 11.5 Å². The summed E-state index contributed by atoms with van der Waals surface area (Å²) in [6.45, 7) is 3.18. The molecule has 1 aliphatic heterocycles. The topological polar surface area (TPSA) is 46.5 Å². The van der Waals surface area contributed by atoms with E-state index >= 15 is 0 Å². The minimum absolute atomic E-state index is 0.209. The maximum absolute atomic E-state index is 13.6. The number of ether oxygens (including phenoxy) is 1. The van der Waals surface area contributed by atoms with E-state index in [0.717, 1.165) is 6.07 Å². The van der Waals surface area contributed by atoms with E-state index in [4.69, 9.17) is 9.84 Å². The van der Waals surface area contributed by atoms with Crippen molar-refractivity contribution in [2.75, 3.05) is 0 Å². The molecular formula is C11H9BrF2O3. The van der Waals surface area contributed by atoms with E-state index in [1.54, 1.807) is 13.8 Å². The molecule has 0 amide bonds. The van der Waals surface area contributed by atoms with Crippen LogP contribution in [0.1, 0.15) is 24.2 Å². The molecule has 0 saturated heterocycles. The highest BCUT2D eigenvalue weighted by Gasteiger charge is 2.43. The van der Waals surface area contributed by atoms with E-state index in [1.165, 1.54) is 0 Å². The van der Waals surface area contributed by atoms with Crippen LogP contribution in [-0.2, 0) is 0 Å². The highest BCUT2D eigenvalue weighted by atomic mass is 79.9. The molecule has 1 N–H and O–H groups in total. The summed E-state index contributed by atoms with van der Waals surface area (Å²) in [5.41, 5.74) is -1.19. The third-order valence-electron chi connectivity index (χ3n) is 2.62. The number of phenols is 1. The van der Waals surface area contributed by atoms with Crippen LogP contribution in [0.2, 0.25) is 0 Å². The van der Waals surface area contributed by atoms with Gasteiger partial charge in [0.15, 0.2) is 23.1 Å². The van der Waals surface area contributed by atoms with Gasteiger partial charge in [0.25, 0.3) is 0 Å². The molecular weight excluding hydrogens is 298 g/mol. The van der Waals surface area contributed by atoms with Gasteiger partial charge in [0, 0.05) is 0 Å². The lowest BCUT2D eigenvalue weighted by molar-refractivity contribution is 0.0637. The average Bonchev–Trinajstić information content (AvgIpc) is 2.26. The number of rotatable bonds is 0. The van der Waals surface area contributed by atoms with Gasteiger partial charge in [0.05, 0.1) is 5.56 Å². The summed E-state index contributed by atoms with van der Waals surface area (Å²) in [6.07, 6.45) is 0. The van der Waals surface area contributed by atoms with Gasteiger partial charge in [-0.2, -0.15) is 4.39 Å². The van der Waals surface area contributed by atoms with E-state index in [-0.39, 0.29) is 5.56 Å². The zero-order chi connectivity index (χ0) is 13.0. The van der Waals surface area contributed by atoms with E-state index in [2.05, 4.69) is 15.9 Å². The second kappa shape index (κ2) is 3.66. The first-order chi connectivity index (χ1) is 7.75. The second-order valence-electron chi connectivity index (χ2n) is 4.33. The monoisotopic (exact) mass is 306 g/mol. The highest BCUT2D eigenvalue weighted by Crippen LogP contribution is 2.41. The first-order valence-corrected chi connectivity index (χ1v) is 5.75. The molecule has 1 aliphatic rings. The second-order valence-corrected chi connectivity index (χ2v) is 5.25. The number of carbonyl (C=O) groups is 1. The average molecular weight is 307 g/mol. The summed E-state index contributed by atoms with van der Waals surface area (Å²) < 4.78 is 32.1. The molecule has 2 rings (SSSR count). The van der Waals surface area contributed by atoms with Crippen molar-refractivity contribution < 1.29 is 23.4 Å². The Bertz CT molecular complexity index is 514. The molecule has 1 atom stereocenters. The Kier molecular flexibility index (Phi) is 2.65. The molecule has 1 aromatic carbocycles. The number of Topliss-reactive ketones (excluding diaryl/α,β-unsaturated/α-hetero) is 1. The van der Waals surface area contributed by atoms with Crippen molar-refractivity contribution in [2.24, 2.45) is 0 Å². The fraction of sp³-hybridized carbons (Fsp3) is 0.364. The maximum Gasteiger partial charge on any atom is 0.210 e. The minimum atomic E-state index is -1.25.